The van der Waals surface area contributed by atoms with E-state index >= 15 is 0 Å². The molecule has 0 unspecified atom stereocenters. The molecule has 0 radical (unpaired) electrons. The average molecular weight is 500 g/mol. The lowest BCUT2D eigenvalue weighted by Crippen LogP contribution is -2.48. The van der Waals surface area contributed by atoms with E-state index in [1.54, 1.807) is 30.3 Å². The molecule has 0 N–H and O–H groups in total. The van der Waals surface area contributed by atoms with Crippen molar-refractivity contribution in [2.45, 2.75) is 31.3 Å². The number of nitrogens with zero attached hydrogens (tertiary/aromatic N) is 4. The third-order valence-corrected chi connectivity index (χ3v) is 5.33. The Labute approximate surface area is 195 Å². The second-order valence-corrected chi connectivity index (χ2v) is 7.80. The number of azo groups is 1. The van der Waals surface area contributed by atoms with Crippen LogP contribution in [0.15, 0.2) is 63.8 Å². The standard InChI is InChI=1S/C22H18F6N4O3/c23-21(24,25)15-8-13(9-16(10-15)22(26,27)28)12-35-19-18(14-4-2-1-3-5-14)32(6-7-34-19)11-17-29-20(33)31-30-17/h1-5,8-10,18-19H,6-7,11-12H2/t18-,19+/m0/s1. The van der Waals surface area contributed by atoms with Crippen molar-refractivity contribution in [2.75, 3.05) is 19.7 Å². The number of amidine groups is 1. The maximum Gasteiger partial charge on any atom is 0.416 e. The van der Waals surface area contributed by atoms with E-state index in [-0.39, 0.29) is 30.6 Å². The van der Waals surface area contributed by atoms with Gasteiger partial charge in [0.15, 0.2) is 12.1 Å². The lowest BCUT2D eigenvalue weighted by atomic mass is 10.0. The van der Waals surface area contributed by atoms with Gasteiger partial charge in [0.2, 0.25) is 0 Å². The molecule has 1 saturated heterocycles. The van der Waals surface area contributed by atoms with Crippen LogP contribution >= 0.6 is 0 Å². The molecule has 0 spiro atoms. The zero-order chi connectivity index (χ0) is 25.2. The summed E-state index contributed by atoms with van der Waals surface area (Å²) in [4.78, 5) is 16.8. The average Bonchev–Trinajstić information content (AvgIpc) is 3.21. The van der Waals surface area contributed by atoms with Gasteiger partial charge < -0.3 is 9.47 Å². The highest BCUT2D eigenvalue weighted by atomic mass is 19.4. The minimum absolute atomic E-state index is 0.0628. The van der Waals surface area contributed by atoms with Crippen LogP contribution in [0.3, 0.4) is 0 Å². The van der Waals surface area contributed by atoms with Crippen molar-refractivity contribution in [1.29, 1.82) is 0 Å². The van der Waals surface area contributed by atoms with Gasteiger partial charge >= 0.3 is 18.4 Å². The topological polar surface area (TPSA) is 75.9 Å². The second-order valence-electron chi connectivity index (χ2n) is 7.80. The number of benzene rings is 2. The monoisotopic (exact) mass is 500 g/mol. The van der Waals surface area contributed by atoms with Crippen molar-refractivity contribution in [3.63, 3.8) is 0 Å². The summed E-state index contributed by atoms with van der Waals surface area (Å²) in [6.07, 6.45) is -11.0. The molecule has 35 heavy (non-hydrogen) atoms. The number of halogens is 6. The van der Waals surface area contributed by atoms with Gasteiger partial charge in [0, 0.05) is 6.54 Å². The summed E-state index contributed by atoms with van der Waals surface area (Å²) in [5.41, 5.74) is -2.43. The largest absolute Gasteiger partial charge is 0.416 e. The zero-order valence-corrected chi connectivity index (χ0v) is 17.9. The summed E-state index contributed by atoms with van der Waals surface area (Å²) in [7, 11) is 0. The van der Waals surface area contributed by atoms with Crippen LogP contribution in [0.2, 0.25) is 0 Å². The first-order chi connectivity index (χ1) is 16.5. The first-order valence-corrected chi connectivity index (χ1v) is 10.3. The molecule has 0 bridgehead atoms. The Morgan fingerprint density at radius 3 is 2.20 bits per heavy atom. The molecule has 7 nitrogen and oxygen atoms in total. The zero-order valence-electron chi connectivity index (χ0n) is 17.9. The molecule has 0 aliphatic carbocycles. The molecule has 0 saturated carbocycles. The molecule has 2 heterocycles. The van der Waals surface area contributed by atoms with Crippen LogP contribution in [-0.2, 0) is 28.4 Å². The van der Waals surface area contributed by atoms with Crippen molar-refractivity contribution in [2.24, 2.45) is 15.2 Å². The van der Waals surface area contributed by atoms with Crippen LogP contribution in [0.25, 0.3) is 0 Å². The normalized spacial score (nSPS) is 21.4. The number of rotatable bonds is 6. The summed E-state index contributed by atoms with van der Waals surface area (Å²) in [5.74, 6) is 0.171. The fourth-order valence-corrected chi connectivity index (χ4v) is 3.81. The fourth-order valence-electron chi connectivity index (χ4n) is 3.81. The van der Waals surface area contributed by atoms with Gasteiger partial charge in [0.1, 0.15) is 0 Å². The third-order valence-electron chi connectivity index (χ3n) is 5.33. The minimum atomic E-state index is -4.96. The molecule has 186 valence electrons. The van der Waals surface area contributed by atoms with E-state index in [0.717, 1.165) is 5.56 Å². The minimum Gasteiger partial charge on any atom is -0.349 e. The predicted octanol–water partition coefficient (Wildman–Crippen LogP) is 5.62. The van der Waals surface area contributed by atoms with Gasteiger partial charge in [-0.05, 0) is 29.3 Å². The van der Waals surface area contributed by atoms with Gasteiger partial charge in [0.05, 0.1) is 36.9 Å². The van der Waals surface area contributed by atoms with Gasteiger partial charge in [-0.2, -0.15) is 31.3 Å². The summed E-state index contributed by atoms with van der Waals surface area (Å²) < 4.78 is 90.6. The van der Waals surface area contributed by atoms with Crippen LogP contribution < -0.4 is 0 Å². The highest BCUT2D eigenvalue weighted by molar-refractivity contribution is 5.99. The molecule has 1 fully saturated rings. The fraction of sp³-hybridized carbons (Fsp3) is 0.364. The van der Waals surface area contributed by atoms with E-state index in [4.69, 9.17) is 9.47 Å². The van der Waals surface area contributed by atoms with Gasteiger partial charge in [0.25, 0.3) is 0 Å². The van der Waals surface area contributed by atoms with Crippen LogP contribution in [0.5, 0.6) is 0 Å². The Balaban J connectivity index is 1.59. The Morgan fingerprint density at radius 1 is 0.971 bits per heavy atom. The van der Waals surface area contributed by atoms with Crippen molar-refractivity contribution >= 4 is 11.9 Å². The molecule has 2 aromatic rings. The second kappa shape index (κ2) is 9.84. The molecule has 2 atom stereocenters. The lowest BCUT2D eigenvalue weighted by Gasteiger charge is -2.40. The van der Waals surface area contributed by atoms with E-state index in [1.807, 2.05) is 4.90 Å². The number of aliphatic imine (C=N–C) groups is 1. The van der Waals surface area contributed by atoms with E-state index < -0.39 is 48.4 Å². The summed E-state index contributed by atoms with van der Waals surface area (Å²) in [5, 5.41) is 7.05. The number of amides is 2. The number of carbonyl (C=O) groups is 1. The highest BCUT2D eigenvalue weighted by Crippen LogP contribution is 2.37. The van der Waals surface area contributed by atoms with E-state index in [1.165, 1.54) is 0 Å². The number of hydrogen-bond donors (Lipinski definition) is 0. The van der Waals surface area contributed by atoms with Gasteiger partial charge in [-0.15, -0.1) is 5.11 Å². The molecule has 2 aromatic carbocycles. The third kappa shape index (κ3) is 6.10. The van der Waals surface area contributed by atoms with Crippen LogP contribution in [0, 0.1) is 0 Å². The SMILES string of the molecule is O=C1N=NC(CN2CCO[C@H](OCc3cc(C(F)(F)F)cc(C(F)(F)F)c3)[C@@H]2c2ccccc2)=N1. The first kappa shape index (κ1) is 24.9. The number of alkyl halides is 6. The predicted molar refractivity (Wildman–Crippen MR) is 109 cm³/mol. The Bertz CT molecular complexity index is 1100. The number of hydrogen-bond acceptors (Lipinski definition) is 5. The first-order valence-electron chi connectivity index (χ1n) is 10.3. The Hall–Kier alpha value is -3.16. The lowest BCUT2D eigenvalue weighted by molar-refractivity contribution is -0.214. The maximum atomic E-state index is 13.2. The number of ether oxygens (including phenoxy) is 2. The van der Waals surface area contributed by atoms with E-state index in [2.05, 4.69) is 15.2 Å². The van der Waals surface area contributed by atoms with Gasteiger partial charge in [-0.25, -0.2) is 4.79 Å². The molecule has 4 rings (SSSR count). The van der Waals surface area contributed by atoms with E-state index in [0.29, 0.717) is 18.7 Å². The number of morpholine rings is 1. The van der Waals surface area contributed by atoms with Crippen molar-refractivity contribution in [3.8, 4) is 0 Å². The molecule has 0 aromatic heterocycles. The number of carbonyl (C=O) groups excluding carboxylic acids is 1. The molecular weight excluding hydrogens is 482 g/mol. The van der Waals surface area contributed by atoms with Crippen molar-refractivity contribution < 1.29 is 40.6 Å². The van der Waals surface area contributed by atoms with Gasteiger partial charge in [-0.1, -0.05) is 35.4 Å². The summed E-state index contributed by atoms with van der Waals surface area (Å²) in [6, 6.07) is 8.81. The molecule has 2 amide bonds. The van der Waals surface area contributed by atoms with Crippen LogP contribution in [0.1, 0.15) is 28.3 Å². The van der Waals surface area contributed by atoms with Crippen LogP contribution in [0.4, 0.5) is 31.1 Å². The van der Waals surface area contributed by atoms with Crippen molar-refractivity contribution in [1.82, 2.24) is 4.90 Å². The highest BCUT2D eigenvalue weighted by Gasteiger charge is 2.38. The maximum absolute atomic E-state index is 13.2. The van der Waals surface area contributed by atoms with E-state index in [9.17, 15) is 31.1 Å². The molecule has 13 heteroatoms. The molecule has 2 aliphatic rings. The molecular formula is C22H18F6N4O3. The summed E-state index contributed by atoms with van der Waals surface area (Å²) in [6.45, 7) is 0.0838. The van der Waals surface area contributed by atoms with Gasteiger partial charge in [-0.3, -0.25) is 4.90 Å². The summed E-state index contributed by atoms with van der Waals surface area (Å²) >= 11 is 0. The Kier molecular flexibility index (Phi) is 7.01. The van der Waals surface area contributed by atoms with Crippen molar-refractivity contribution in [3.05, 3.63) is 70.8 Å². The molecule has 2 aliphatic heterocycles. The van der Waals surface area contributed by atoms with Crippen LogP contribution in [-0.4, -0.2) is 42.8 Å². The number of urea groups is 1. The smallest absolute Gasteiger partial charge is 0.349 e. The quantitative estimate of drug-likeness (QED) is 0.483. The Morgan fingerprint density at radius 2 is 1.63 bits per heavy atom.